The van der Waals surface area contributed by atoms with Crippen molar-refractivity contribution >= 4 is 17.9 Å². The summed E-state index contributed by atoms with van der Waals surface area (Å²) >= 11 is 0. The van der Waals surface area contributed by atoms with Gasteiger partial charge in [-0.05, 0) is 38.5 Å². The summed E-state index contributed by atoms with van der Waals surface area (Å²) in [5, 5.41) is 11.8. The number of carboxylic acid groups (broad SMARTS) is 1. The smallest absolute Gasteiger partial charge is 0.306 e. The minimum Gasteiger partial charge on any atom is -0.545 e. The van der Waals surface area contributed by atoms with Gasteiger partial charge in [0.25, 0.3) is 0 Å². The van der Waals surface area contributed by atoms with Crippen LogP contribution in [0.1, 0.15) is 284 Å². The van der Waals surface area contributed by atoms with Gasteiger partial charge in [0.05, 0.1) is 40.3 Å². The maximum atomic E-state index is 12.8. The lowest BCUT2D eigenvalue weighted by molar-refractivity contribution is -0.870. The van der Waals surface area contributed by atoms with Crippen LogP contribution in [0.25, 0.3) is 0 Å². The van der Waals surface area contributed by atoms with Gasteiger partial charge in [-0.2, -0.15) is 0 Å². The minimum atomic E-state index is -1.62. The molecule has 67 heavy (non-hydrogen) atoms. The fraction of sp³-hybridized carbons (Fsp3) is 0.914. The molecule has 0 fully saturated rings. The monoisotopic (exact) mass is 950 g/mol. The van der Waals surface area contributed by atoms with E-state index in [4.69, 9.17) is 18.9 Å². The number of unbranched alkanes of at least 4 members (excludes halogenated alkanes) is 37. The summed E-state index contributed by atoms with van der Waals surface area (Å²) in [6.45, 7) is 4.78. The molecular weight excluding hydrogens is 839 g/mol. The summed E-state index contributed by atoms with van der Waals surface area (Å²) in [4.78, 5) is 37.2. The molecule has 9 nitrogen and oxygen atoms in total. The third kappa shape index (κ3) is 51.7. The van der Waals surface area contributed by atoms with Gasteiger partial charge < -0.3 is 33.3 Å². The third-order valence-corrected chi connectivity index (χ3v) is 13.0. The van der Waals surface area contributed by atoms with E-state index in [0.29, 0.717) is 23.9 Å². The minimum absolute atomic E-state index is 0.150. The van der Waals surface area contributed by atoms with Gasteiger partial charge in [-0.1, -0.05) is 244 Å². The number of nitrogens with zero attached hydrogens (tertiary/aromatic N) is 1. The van der Waals surface area contributed by atoms with Gasteiger partial charge in [-0.25, -0.2) is 0 Å². The average Bonchev–Trinajstić information content (AvgIpc) is 3.29. The fourth-order valence-electron chi connectivity index (χ4n) is 8.53. The number of carbonyl (C=O) groups is 3. The lowest BCUT2D eigenvalue weighted by Gasteiger charge is -2.26. The molecule has 0 N–H and O–H groups in total. The fourth-order valence-corrected chi connectivity index (χ4v) is 8.53. The molecule has 396 valence electrons. The van der Waals surface area contributed by atoms with E-state index in [9.17, 15) is 19.5 Å². The van der Waals surface area contributed by atoms with E-state index in [1.165, 1.54) is 199 Å². The van der Waals surface area contributed by atoms with Crippen molar-refractivity contribution in [3.63, 3.8) is 0 Å². The highest BCUT2D eigenvalue weighted by Gasteiger charge is 2.22. The highest BCUT2D eigenvalue weighted by molar-refractivity contribution is 5.70. The van der Waals surface area contributed by atoms with E-state index < -0.39 is 24.3 Å². The Kier molecular flexibility index (Phi) is 48.9. The molecule has 9 heteroatoms. The molecule has 0 saturated carbocycles. The number of carbonyl (C=O) groups excluding carboxylic acids is 3. The van der Waals surface area contributed by atoms with E-state index >= 15 is 0 Å². The summed E-state index contributed by atoms with van der Waals surface area (Å²) in [7, 11) is 5.93. The zero-order chi connectivity index (χ0) is 49.2. The second kappa shape index (κ2) is 50.4. The van der Waals surface area contributed by atoms with Crippen molar-refractivity contribution in [2.24, 2.45) is 0 Å². The molecular formula is C58H111NO8. The molecule has 0 aromatic rings. The van der Waals surface area contributed by atoms with E-state index in [1.54, 1.807) is 0 Å². The van der Waals surface area contributed by atoms with E-state index in [0.717, 1.165) is 51.4 Å². The van der Waals surface area contributed by atoms with Crippen molar-refractivity contribution in [2.75, 3.05) is 47.5 Å². The van der Waals surface area contributed by atoms with Crippen LogP contribution in [0.5, 0.6) is 0 Å². The van der Waals surface area contributed by atoms with Crippen molar-refractivity contribution in [3.05, 3.63) is 12.2 Å². The van der Waals surface area contributed by atoms with Crippen molar-refractivity contribution in [2.45, 2.75) is 296 Å². The number of esters is 2. The first-order chi connectivity index (χ1) is 32.6. The van der Waals surface area contributed by atoms with Gasteiger partial charge in [-0.3, -0.25) is 9.59 Å². The Morgan fingerprint density at radius 2 is 0.761 bits per heavy atom. The normalized spacial score (nSPS) is 12.8. The Labute approximate surface area is 415 Å². The second-order valence-corrected chi connectivity index (χ2v) is 20.9. The Hall–Kier alpha value is -1.97. The Bertz CT molecular complexity index is 1110. The second-order valence-electron chi connectivity index (χ2n) is 20.9. The molecule has 2 unspecified atom stereocenters. The van der Waals surface area contributed by atoms with Crippen LogP contribution in [0.3, 0.4) is 0 Å². The first-order valence-electron chi connectivity index (χ1n) is 28.8. The molecule has 0 rings (SSSR count). The maximum Gasteiger partial charge on any atom is 0.306 e. The standard InChI is InChI=1S/C58H111NO8/c1-6-8-10-12-14-16-18-20-22-24-25-26-27-28-29-30-31-32-33-35-36-38-40-42-44-46-48-55(60)65-52-54(53-66-58(57(62)63)64-51-50-59(3,4)5)67-56(61)49-47-45-43-41-39-37-34-23-21-19-17-15-13-11-9-7-2/h23,34,54,58H,6-22,24-33,35-53H2,1-5H3/b34-23-. The van der Waals surface area contributed by atoms with Crippen LogP contribution in [0.15, 0.2) is 12.2 Å². The Morgan fingerprint density at radius 3 is 1.10 bits per heavy atom. The highest BCUT2D eigenvalue weighted by atomic mass is 16.7. The zero-order valence-electron chi connectivity index (χ0n) is 45.0. The molecule has 2 atom stereocenters. The van der Waals surface area contributed by atoms with E-state index in [-0.39, 0.29) is 32.2 Å². The van der Waals surface area contributed by atoms with Crippen LogP contribution in [-0.4, -0.2) is 82.3 Å². The predicted molar refractivity (Wildman–Crippen MR) is 279 cm³/mol. The number of likely N-dealkylation sites (N-methyl/N-ethyl adjacent to an activating group) is 1. The Morgan fingerprint density at radius 1 is 0.433 bits per heavy atom. The lowest BCUT2D eigenvalue weighted by atomic mass is 10.0. The first kappa shape index (κ1) is 65.0. The summed E-state index contributed by atoms with van der Waals surface area (Å²) < 4.78 is 22.7. The third-order valence-electron chi connectivity index (χ3n) is 13.0. The highest BCUT2D eigenvalue weighted by Crippen LogP contribution is 2.17. The molecule has 0 spiro atoms. The molecule has 0 radical (unpaired) electrons. The van der Waals surface area contributed by atoms with Crippen molar-refractivity contribution < 1.29 is 42.9 Å². The van der Waals surface area contributed by atoms with E-state index in [1.807, 2.05) is 21.1 Å². The van der Waals surface area contributed by atoms with Gasteiger partial charge in [0, 0.05) is 12.8 Å². The van der Waals surface area contributed by atoms with Crippen molar-refractivity contribution in [1.29, 1.82) is 0 Å². The number of allylic oxidation sites excluding steroid dienone is 2. The largest absolute Gasteiger partial charge is 0.545 e. The van der Waals surface area contributed by atoms with Gasteiger partial charge in [-0.15, -0.1) is 0 Å². The average molecular weight is 951 g/mol. The van der Waals surface area contributed by atoms with Gasteiger partial charge in [0.15, 0.2) is 12.4 Å². The number of ether oxygens (including phenoxy) is 4. The molecule has 0 aromatic heterocycles. The van der Waals surface area contributed by atoms with Crippen LogP contribution < -0.4 is 5.11 Å². The Balaban J connectivity index is 4.16. The molecule has 0 bridgehead atoms. The lowest BCUT2D eigenvalue weighted by Crippen LogP contribution is -2.44. The van der Waals surface area contributed by atoms with Crippen LogP contribution in [0.2, 0.25) is 0 Å². The maximum absolute atomic E-state index is 12.8. The molecule has 0 amide bonds. The molecule has 0 aromatic carbocycles. The molecule has 0 aliphatic carbocycles. The number of carboxylic acids is 1. The number of hydrogen-bond donors (Lipinski definition) is 0. The number of hydrogen-bond acceptors (Lipinski definition) is 8. The van der Waals surface area contributed by atoms with Crippen LogP contribution in [-0.2, 0) is 33.3 Å². The summed E-state index contributed by atoms with van der Waals surface area (Å²) in [5.41, 5.74) is 0. The number of rotatable bonds is 54. The quantitative estimate of drug-likeness (QED) is 0.0195. The molecule has 0 saturated heterocycles. The number of aliphatic carboxylic acids is 1. The number of quaternary nitrogens is 1. The molecule has 0 heterocycles. The zero-order valence-corrected chi connectivity index (χ0v) is 45.0. The summed E-state index contributed by atoms with van der Waals surface area (Å²) in [6.07, 6.45) is 54.1. The van der Waals surface area contributed by atoms with Crippen LogP contribution in [0.4, 0.5) is 0 Å². The van der Waals surface area contributed by atoms with Crippen molar-refractivity contribution in [3.8, 4) is 0 Å². The topological polar surface area (TPSA) is 111 Å². The van der Waals surface area contributed by atoms with Gasteiger partial charge in [0.1, 0.15) is 13.2 Å². The van der Waals surface area contributed by atoms with Crippen LogP contribution >= 0.6 is 0 Å². The van der Waals surface area contributed by atoms with Crippen LogP contribution in [0, 0.1) is 0 Å². The molecule has 0 aliphatic rings. The summed E-state index contributed by atoms with van der Waals surface area (Å²) in [5.74, 6) is -2.27. The molecule has 0 aliphatic heterocycles. The predicted octanol–water partition coefficient (Wildman–Crippen LogP) is 15.2. The first-order valence-corrected chi connectivity index (χ1v) is 28.8. The van der Waals surface area contributed by atoms with Gasteiger partial charge >= 0.3 is 11.9 Å². The SMILES string of the molecule is CCCCCCCCC/C=C\CCCCCCCC(=O)OC(COC(=O)CCCCCCCCCCCCCCCCCCCCCCCCCCCC)COC(OCC[N+](C)(C)C)C(=O)[O-]. The van der Waals surface area contributed by atoms with E-state index in [2.05, 4.69) is 26.0 Å². The van der Waals surface area contributed by atoms with Gasteiger partial charge in [0.2, 0.25) is 0 Å². The summed E-state index contributed by atoms with van der Waals surface area (Å²) in [6, 6.07) is 0. The van der Waals surface area contributed by atoms with Crippen molar-refractivity contribution in [1.82, 2.24) is 0 Å².